The van der Waals surface area contributed by atoms with Crippen LogP contribution in [0.1, 0.15) is 16.7 Å². The van der Waals surface area contributed by atoms with Gasteiger partial charge in [0.25, 0.3) is 5.91 Å². The van der Waals surface area contributed by atoms with Gasteiger partial charge in [0.15, 0.2) is 0 Å². The maximum Gasteiger partial charge on any atom is 0.256 e. The first kappa shape index (κ1) is 18.7. The molecule has 0 saturated heterocycles. The number of benzene rings is 3. The summed E-state index contributed by atoms with van der Waals surface area (Å²) in [5.41, 5.74) is 3.85. The maximum absolute atomic E-state index is 13.1. The number of methoxy groups -OCH3 is 1. The minimum atomic E-state index is -0.192. The van der Waals surface area contributed by atoms with E-state index in [0.29, 0.717) is 16.3 Å². The highest BCUT2D eigenvalue weighted by Crippen LogP contribution is 2.26. The van der Waals surface area contributed by atoms with Crippen molar-refractivity contribution < 1.29 is 9.53 Å². The van der Waals surface area contributed by atoms with Crippen LogP contribution in [0.15, 0.2) is 72.8 Å². The van der Waals surface area contributed by atoms with Crippen LogP contribution in [0.2, 0.25) is 5.02 Å². The molecule has 0 atom stereocenters. The molecule has 4 heteroatoms. The van der Waals surface area contributed by atoms with Crippen LogP contribution >= 0.6 is 11.6 Å². The van der Waals surface area contributed by atoms with E-state index in [9.17, 15) is 4.79 Å². The van der Waals surface area contributed by atoms with Crippen molar-refractivity contribution in [2.45, 2.75) is 6.92 Å². The predicted octanol–water partition coefficient (Wildman–Crippen LogP) is 5.84. The third-order valence-corrected chi connectivity index (χ3v) is 4.68. The quantitative estimate of drug-likeness (QED) is 0.448. The summed E-state index contributed by atoms with van der Waals surface area (Å²) in [7, 11) is 1.63. The summed E-state index contributed by atoms with van der Waals surface area (Å²) in [6.07, 6.45) is 1.87. The highest BCUT2D eigenvalue weighted by Gasteiger charge is 2.14. The molecule has 0 aliphatic rings. The zero-order valence-corrected chi connectivity index (χ0v) is 16.0. The maximum atomic E-state index is 13.1. The average molecular weight is 378 g/mol. The SMILES string of the molecule is COc1ccc(/C=C(/C(=O)Nc2cccc(Cl)c2C)c2ccccc2)cc1. The zero-order chi connectivity index (χ0) is 19.2. The highest BCUT2D eigenvalue weighted by atomic mass is 35.5. The van der Waals surface area contributed by atoms with Gasteiger partial charge in [-0.2, -0.15) is 0 Å². The first-order chi connectivity index (χ1) is 13.1. The van der Waals surface area contributed by atoms with Crippen molar-refractivity contribution in [3.63, 3.8) is 0 Å². The minimum Gasteiger partial charge on any atom is -0.497 e. The number of hydrogen-bond acceptors (Lipinski definition) is 2. The molecule has 0 aliphatic heterocycles. The van der Waals surface area contributed by atoms with E-state index in [2.05, 4.69) is 5.32 Å². The Morgan fingerprint density at radius 2 is 1.67 bits per heavy atom. The molecule has 0 saturated carbocycles. The monoisotopic (exact) mass is 377 g/mol. The molecule has 1 N–H and O–H groups in total. The van der Waals surface area contributed by atoms with Crippen LogP contribution in [0.25, 0.3) is 11.6 Å². The number of carbonyl (C=O) groups is 1. The second-order valence-corrected chi connectivity index (χ2v) is 6.47. The summed E-state index contributed by atoms with van der Waals surface area (Å²) in [5.74, 6) is 0.579. The molecule has 0 unspecified atom stereocenters. The van der Waals surface area contributed by atoms with E-state index in [1.165, 1.54) is 0 Å². The van der Waals surface area contributed by atoms with Crippen LogP contribution in [-0.2, 0) is 4.79 Å². The van der Waals surface area contributed by atoms with Gasteiger partial charge in [0.05, 0.1) is 7.11 Å². The molecule has 3 nitrogen and oxygen atoms in total. The standard InChI is InChI=1S/C23H20ClNO2/c1-16-21(24)9-6-10-22(16)25-23(26)20(18-7-4-3-5-8-18)15-17-11-13-19(27-2)14-12-17/h3-15H,1-2H3,(H,25,26)/b20-15+. The number of ether oxygens (including phenoxy) is 1. The van der Waals surface area contributed by atoms with E-state index in [1.54, 1.807) is 13.2 Å². The molecule has 0 fully saturated rings. The number of nitrogens with one attached hydrogen (secondary N) is 1. The summed E-state index contributed by atoms with van der Waals surface area (Å²) in [4.78, 5) is 13.1. The number of carbonyl (C=O) groups excluding carboxylic acids is 1. The van der Waals surface area contributed by atoms with Gasteiger partial charge in [0, 0.05) is 16.3 Å². The zero-order valence-electron chi connectivity index (χ0n) is 15.2. The fourth-order valence-corrected chi connectivity index (χ4v) is 2.87. The summed E-state index contributed by atoms with van der Waals surface area (Å²) in [6, 6.07) is 22.6. The molecule has 1 amide bonds. The average Bonchev–Trinajstić information content (AvgIpc) is 2.70. The molecule has 0 heterocycles. The molecule has 0 aromatic heterocycles. The molecular formula is C23H20ClNO2. The number of rotatable bonds is 5. The Balaban J connectivity index is 1.97. The van der Waals surface area contributed by atoms with E-state index in [4.69, 9.17) is 16.3 Å². The molecule has 3 aromatic carbocycles. The smallest absolute Gasteiger partial charge is 0.256 e. The molecular weight excluding hydrogens is 358 g/mol. The summed E-state index contributed by atoms with van der Waals surface area (Å²) >= 11 is 6.17. The van der Waals surface area contributed by atoms with Crippen LogP contribution in [0.5, 0.6) is 5.75 Å². The van der Waals surface area contributed by atoms with Crippen LogP contribution in [0.3, 0.4) is 0 Å². The first-order valence-corrected chi connectivity index (χ1v) is 8.94. The van der Waals surface area contributed by atoms with Crippen molar-refractivity contribution in [2.24, 2.45) is 0 Å². The van der Waals surface area contributed by atoms with E-state index in [-0.39, 0.29) is 5.91 Å². The van der Waals surface area contributed by atoms with Gasteiger partial charge in [-0.15, -0.1) is 0 Å². The lowest BCUT2D eigenvalue weighted by Crippen LogP contribution is -2.14. The topological polar surface area (TPSA) is 38.3 Å². The Morgan fingerprint density at radius 3 is 2.33 bits per heavy atom. The van der Waals surface area contributed by atoms with Crippen molar-refractivity contribution >= 4 is 34.8 Å². The summed E-state index contributed by atoms with van der Waals surface area (Å²) in [5, 5.41) is 3.59. The summed E-state index contributed by atoms with van der Waals surface area (Å²) in [6.45, 7) is 1.88. The third-order valence-electron chi connectivity index (χ3n) is 4.27. The lowest BCUT2D eigenvalue weighted by molar-refractivity contribution is -0.111. The van der Waals surface area contributed by atoms with E-state index < -0.39 is 0 Å². The van der Waals surface area contributed by atoms with Gasteiger partial charge in [-0.3, -0.25) is 4.79 Å². The van der Waals surface area contributed by atoms with Gasteiger partial charge in [0.2, 0.25) is 0 Å². The Hall–Kier alpha value is -3.04. The van der Waals surface area contributed by atoms with Gasteiger partial charge in [-0.05, 0) is 54.0 Å². The Kier molecular flexibility index (Phi) is 5.94. The molecule has 0 spiro atoms. The summed E-state index contributed by atoms with van der Waals surface area (Å²) < 4.78 is 5.20. The fraction of sp³-hybridized carbons (Fsp3) is 0.0870. The lowest BCUT2D eigenvalue weighted by Gasteiger charge is -2.12. The van der Waals surface area contributed by atoms with E-state index in [0.717, 1.165) is 22.4 Å². The van der Waals surface area contributed by atoms with Crippen LogP contribution in [0.4, 0.5) is 5.69 Å². The Bertz CT molecular complexity index is 963. The van der Waals surface area contributed by atoms with Gasteiger partial charge >= 0.3 is 0 Å². The largest absolute Gasteiger partial charge is 0.497 e. The van der Waals surface area contributed by atoms with Gasteiger partial charge < -0.3 is 10.1 Å². The van der Waals surface area contributed by atoms with E-state index in [1.807, 2.05) is 79.7 Å². The molecule has 0 aliphatic carbocycles. The molecule has 0 radical (unpaired) electrons. The second-order valence-electron chi connectivity index (χ2n) is 6.06. The second kappa shape index (κ2) is 8.56. The molecule has 3 rings (SSSR count). The number of amides is 1. The van der Waals surface area contributed by atoms with Crippen molar-refractivity contribution in [1.82, 2.24) is 0 Å². The number of anilines is 1. The van der Waals surface area contributed by atoms with Crippen LogP contribution in [0, 0.1) is 6.92 Å². The van der Waals surface area contributed by atoms with Crippen molar-refractivity contribution in [3.05, 3.63) is 94.5 Å². The van der Waals surface area contributed by atoms with Crippen molar-refractivity contribution in [1.29, 1.82) is 0 Å². The Labute approximate surface area is 164 Å². The normalized spacial score (nSPS) is 11.1. The van der Waals surface area contributed by atoms with Gasteiger partial charge in [-0.1, -0.05) is 60.1 Å². The molecule has 3 aromatic rings. The minimum absolute atomic E-state index is 0.192. The van der Waals surface area contributed by atoms with E-state index >= 15 is 0 Å². The molecule has 27 heavy (non-hydrogen) atoms. The number of hydrogen-bond donors (Lipinski definition) is 1. The Morgan fingerprint density at radius 1 is 0.963 bits per heavy atom. The van der Waals surface area contributed by atoms with Crippen molar-refractivity contribution in [3.8, 4) is 5.75 Å². The van der Waals surface area contributed by atoms with Crippen molar-refractivity contribution in [2.75, 3.05) is 12.4 Å². The van der Waals surface area contributed by atoms with Crippen LogP contribution < -0.4 is 10.1 Å². The number of halogens is 1. The van der Waals surface area contributed by atoms with Crippen LogP contribution in [-0.4, -0.2) is 13.0 Å². The third kappa shape index (κ3) is 4.57. The fourth-order valence-electron chi connectivity index (χ4n) is 2.70. The highest BCUT2D eigenvalue weighted by molar-refractivity contribution is 6.32. The lowest BCUT2D eigenvalue weighted by atomic mass is 10.0. The first-order valence-electron chi connectivity index (χ1n) is 8.56. The molecule has 136 valence electrons. The molecule has 0 bridgehead atoms. The predicted molar refractivity (Wildman–Crippen MR) is 112 cm³/mol. The van der Waals surface area contributed by atoms with Gasteiger partial charge in [-0.25, -0.2) is 0 Å². The van der Waals surface area contributed by atoms with Gasteiger partial charge in [0.1, 0.15) is 5.75 Å².